The fourth-order valence-corrected chi connectivity index (χ4v) is 3.73. The Balaban J connectivity index is 2.18. The number of allylic oxidation sites excluding steroid dienone is 1. The maximum Gasteiger partial charge on any atom is 0.303 e. The van der Waals surface area contributed by atoms with Crippen LogP contribution in [0.2, 0.25) is 0 Å². The van der Waals surface area contributed by atoms with E-state index < -0.39 is 5.97 Å². The van der Waals surface area contributed by atoms with Gasteiger partial charge in [0.05, 0.1) is 5.52 Å². The number of rotatable bonds is 8. The first-order valence-corrected chi connectivity index (χ1v) is 10.5. The molecule has 3 aromatic rings. The van der Waals surface area contributed by atoms with Gasteiger partial charge in [-0.05, 0) is 60.1 Å². The van der Waals surface area contributed by atoms with Crippen molar-refractivity contribution in [3.8, 4) is 11.1 Å². The summed E-state index contributed by atoms with van der Waals surface area (Å²) in [6.07, 6.45) is 5.42. The van der Waals surface area contributed by atoms with Crippen molar-refractivity contribution >= 4 is 22.9 Å². The van der Waals surface area contributed by atoms with E-state index in [4.69, 9.17) is 15.8 Å². The lowest BCUT2D eigenvalue weighted by atomic mass is 9.90. The zero-order valence-corrected chi connectivity index (χ0v) is 18.0. The molecule has 3 rings (SSSR count). The number of carboxylic acids is 1. The van der Waals surface area contributed by atoms with Crippen LogP contribution in [-0.4, -0.2) is 16.1 Å². The van der Waals surface area contributed by atoms with Crippen molar-refractivity contribution in [2.45, 2.75) is 46.6 Å². The number of aliphatic carboxylic acids is 1. The van der Waals surface area contributed by atoms with Gasteiger partial charge in [0.1, 0.15) is 0 Å². The first-order chi connectivity index (χ1) is 14.4. The number of aromatic nitrogens is 1. The summed E-state index contributed by atoms with van der Waals surface area (Å²) >= 11 is 0. The normalized spacial score (nSPS) is 11.6. The predicted molar refractivity (Wildman–Crippen MR) is 124 cm³/mol. The lowest BCUT2D eigenvalue weighted by Gasteiger charge is -2.18. The molecule has 2 aromatic carbocycles. The Kier molecular flexibility index (Phi) is 7.01. The van der Waals surface area contributed by atoms with Crippen molar-refractivity contribution in [2.75, 3.05) is 0 Å². The smallest absolute Gasteiger partial charge is 0.303 e. The minimum atomic E-state index is -0.783. The number of hydrogen-bond acceptors (Lipinski definition) is 3. The molecule has 0 saturated heterocycles. The first-order valence-electron chi connectivity index (χ1n) is 10.5. The molecule has 0 unspecified atom stereocenters. The van der Waals surface area contributed by atoms with Crippen LogP contribution in [0.25, 0.3) is 28.1 Å². The van der Waals surface area contributed by atoms with Crippen LogP contribution in [0.5, 0.6) is 0 Å². The third-order valence-corrected chi connectivity index (χ3v) is 5.18. The van der Waals surface area contributed by atoms with Gasteiger partial charge in [-0.1, -0.05) is 61.9 Å². The van der Waals surface area contributed by atoms with E-state index in [0.29, 0.717) is 18.9 Å². The largest absolute Gasteiger partial charge is 0.481 e. The predicted octanol–water partition coefficient (Wildman–Crippen LogP) is 5.75. The molecule has 0 spiro atoms. The van der Waals surface area contributed by atoms with Crippen LogP contribution < -0.4 is 5.73 Å². The number of fused-ring (bicyclic) bond motifs is 1. The molecule has 4 heteroatoms. The summed E-state index contributed by atoms with van der Waals surface area (Å²) in [5, 5.41) is 9.90. The van der Waals surface area contributed by atoms with Crippen molar-refractivity contribution < 1.29 is 9.90 Å². The summed E-state index contributed by atoms with van der Waals surface area (Å²) < 4.78 is 0. The van der Waals surface area contributed by atoms with Gasteiger partial charge in [0.15, 0.2) is 0 Å². The average Bonchev–Trinajstić information content (AvgIpc) is 2.70. The van der Waals surface area contributed by atoms with Gasteiger partial charge >= 0.3 is 5.97 Å². The van der Waals surface area contributed by atoms with Crippen molar-refractivity contribution in [1.29, 1.82) is 0 Å². The molecule has 0 aliphatic carbocycles. The molecule has 0 aliphatic rings. The molecule has 3 N–H and O–H groups in total. The Morgan fingerprint density at radius 3 is 2.53 bits per heavy atom. The van der Waals surface area contributed by atoms with Gasteiger partial charge in [-0.2, -0.15) is 0 Å². The third kappa shape index (κ3) is 5.14. The standard InChI is InChI=1S/C26H30N2O2/c1-17(2)14-24-22(16-27)26(20-11-8-18(3)9-12-20)21-15-19(10-13-23(21)28-24)6-4-5-7-25(29)30/h4,6,8-13,15,17H,5,7,14,16,27H2,1-3H3,(H,29,30)/b6-4-. The molecule has 0 atom stereocenters. The summed E-state index contributed by atoms with van der Waals surface area (Å²) in [5.74, 6) is -0.295. The van der Waals surface area contributed by atoms with Crippen LogP contribution in [0.15, 0.2) is 48.5 Å². The molecule has 0 fully saturated rings. The Labute approximate surface area is 178 Å². The van der Waals surface area contributed by atoms with E-state index in [1.165, 1.54) is 5.56 Å². The van der Waals surface area contributed by atoms with Gasteiger partial charge < -0.3 is 10.8 Å². The first kappa shape index (κ1) is 21.7. The van der Waals surface area contributed by atoms with Crippen LogP contribution in [0, 0.1) is 12.8 Å². The Morgan fingerprint density at radius 2 is 1.90 bits per heavy atom. The maximum absolute atomic E-state index is 10.7. The summed E-state index contributed by atoms with van der Waals surface area (Å²) in [6.45, 7) is 6.92. The van der Waals surface area contributed by atoms with Gasteiger partial charge in [0.2, 0.25) is 0 Å². The number of carboxylic acid groups (broad SMARTS) is 1. The van der Waals surface area contributed by atoms with Crippen molar-refractivity contribution in [1.82, 2.24) is 4.98 Å². The van der Waals surface area contributed by atoms with Gasteiger partial charge in [0, 0.05) is 24.0 Å². The Morgan fingerprint density at radius 1 is 1.17 bits per heavy atom. The van der Waals surface area contributed by atoms with E-state index in [0.717, 1.165) is 45.3 Å². The molecule has 1 heterocycles. The van der Waals surface area contributed by atoms with E-state index >= 15 is 0 Å². The van der Waals surface area contributed by atoms with Gasteiger partial charge in [-0.3, -0.25) is 9.78 Å². The number of pyridine rings is 1. The minimum absolute atomic E-state index is 0.135. The highest BCUT2D eigenvalue weighted by atomic mass is 16.4. The molecule has 156 valence electrons. The highest BCUT2D eigenvalue weighted by molar-refractivity contribution is 5.97. The molecule has 0 aliphatic heterocycles. The summed E-state index contributed by atoms with van der Waals surface area (Å²) in [4.78, 5) is 15.7. The molecule has 30 heavy (non-hydrogen) atoms. The maximum atomic E-state index is 10.7. The zero-order chi connectivity index (χ0) is 21.7. The zero-order valence-electron chi connectivity index (χ0n) is 18.0. The van der Waals surface area contributed by atoms with Crippen LogP contribution in [-0.2, 0) is 17.8 Å². The number of benzene rings is 2. The number of nitrogens with two attached hydrogens (primary N) is 1. The summed E-state index contributed by atoms with van der Waals surface area (Å²) in [7, 11) is 0. The van der Waals surface area contributed by atoms with Crippen LogP contribution in [0.3, 0.4) is 0 Å². The van der Waals surface area contributed by atoms with E-state index in [9.17, 15) is 4.79 Å². The molecule has 1 aromatic heterocycles. The van der Waals surface area contributed by atoms with Crippen molar-refractivity contribution in [2.24, 2.45) is 11.7 Å². The van der Waals surface area contributed by atoms with Crippen LogP contribution >= 0.6 is 0 Å². The SMILES string of the molecule is Cc1ccc(-c2c(CN)c(CC(C)C)nc3ccc(/C=C\CCC(=O)O)cc23)cc1. The third-order valence-electron chi connectivity index (χ3n) is 5.18. The number of nitrogens with zero attached hydrogens (tertiary/aromatic N) is 1. The second-order valence-electron chi connectivity index (χ2n) is 8.19. The Bertz CT molecular complexity index is 1070. The second-order valence-corrected chi connectivity index (χ2v) is 8.19. The second kappa shape index (κ2) is 9.68. The molecular formula is C26H30N2O2. The van der Waals surface area contributed by atoms with Crippen molar-refractivity contribution in [3.63, 3.8) is 0 Å². The van der Waals surface area contributed by atoms with Crippen molar-refractivity contribution in [3.05, 3.63) is 70.9 Å². The average molecular weight is 403 g/mol. The Hall–Kier alpha value is -2.98. The van der Waals surface area contributed by atoms with E-state index in [1.807, 2.05) is 24.3 Å². The van der Waals surface area contributed by atoms with E-state index in [2.05, 4.69) is 51.1 Å². The molecule has 0 radical (unpaired) electrons. The molecule has 4 nitrogen and oxygen atoms in total. The molecule has 0 saturated carbocycles. The topological polar surface area (TPSA) is 76.2 Å². The van der Waals surface area contributed by atoms with Gasteiger partial charge in [0.25, 0.3) is 0 Å². The quantitative estimate of drug-likeness (QED) is 0.503. The molecule has 0 amide bonds. The minimum Gasteiger partial charge on any atom is -0.481 e. The number of hydrogen-bond donors (Lipinski definition) is 2. The van der Waals surface area contributed by atoms with Crippen LogP contribution in [0.1, 0.15) is 49.1 Å². The van der Waals surface area contributed by atoms with E-state index in [-0.39, 0.29) is 6.42 Å². The number of aryl methyl sites for hydroxylation is 1. The molecule has 0 bridgehead atoms. The molecular weight excluding hydrogens is 372 g/mol. The lowest BCUT2D eigenvalue weighted by Crippen LogP contribution is -2.10. The van der Waals surface area contributed by atoms with E-state index in [1.54, 1.807) is 0 Å². The highest BCUT2D eigenvalue weighted by Gasteiger charge is 2.17. The summed E-state index contributed by atoms with van der Waals surface area (Å²) in [6, 6.07) is 14.8. The summed E-state index contributed by atoms with van der Waals surface area (Å²) in [5.41, 5.74) is 13.9. The monoisotopic (exact) mass is 402 g/mol. The van der Waals surface area contributed by atoms with Gasteiger partial charge in [-0.25, -0.2) is 0 Å². The number of carbonyl (C=O) groups is 1. The highest BCUT2D eigenvalue weighted by Crippen LogP contribution is 2.35. The van der Waals surface area contributed by atoms with Gasteiger partial charge in [-0.15, -0.1) is 0 Å². The lowest BCUT2D eigenvalue weighted by molar-refractivity contribution is -0.136. The fraction of sp³-hybridized carbons (Fsp3) is 0.308. The fourth-order valence-electron chi connectivity index (χ4n) is 3.73. The van der Waals surface area contributed by atoms with Crippen LogP contribution in [0.4, 0.5) is 0 Å².